The van der Waals surface area contributed by atoms with Crippen LogP contribution < -0.4 is 5.19 Å². The Morgan fingerprint density at radius 2 is 1.33 bits per heavy atom. The first kappa shape index (κ1) is 13.5. The van der Waals surface area contributed by atoms with Crippen LogP contribution in [0.15, 0.2) is 24.3 Å². The summed E-state index contributed by atoms with van der Waals surface area (Å²) in [5.41, 5.74) is 0.892. The van der Waals surface area contributed by atoms with E-state index in [1.807, 2.05) is 12.1 Å². The van der Waals surface area contributed by atoms with Gasteiger partial charge in [-0.25, -0.2) is 0 Å². The molecule has 0 fully saturated rings. The van der Waals surface area contributed by atoms with Crippen LogP contribution in [0.3, 0.4) is 0 Å². The third kappa shape index (κ3) is 3.07. The van der Waals surface area contributed by atoms with E-state index in [0.29, 0.717) is 5.82 Å². The molecule has 0 aliphatic rings. The Hall–Kier alpha value is -0.973. The molecule has 1 aromatic heterocycles. The molecule has 3 nitrogen and oxygen atoms in total. The number of nitrogens with zero attached hydrogens (tertiary/aromatic N) is 3. The van der Waals surface area contributed by atoms with Gasteiger partial charge in [-0.2, -0.15) is 15.0 Å². The second-order valence-electron chi connectivity index (χ2n) is 5.02. The van der Waals surface area contributed by atoms with Gasteiger partial charge in [-0.1, -0.05) is 49.1 Å². The molecule has 0 spiro atoms. The van der Waals surface area contributed by atoms with Crippen LogP contribution in [-0.4, -0.2) is 23.0 Å². The highest BCUT2D eigenvalue weighted by Gasteiger charge is 2.16. The zero-order chi connectivity index (χ0) is 13.3. The Kier molecular flexibility index (Phi) is 3.70. The van der Waals surface area contributed by atoms with Gasteiger partial charge < -0.3 is 0 Å². The van der Waals surface area contributed by atoms with E-state index in [2.05, 4.69) is 46.7 Å². The Bertz CT molecular complexity index is 544. The number of aromatic nitrogens is 3. The van der Waals surface area contributed by atoms with Crippen molar-refractivity contribution in [1.29, 1.82) is 0 Å². The van der Waals surface area contributed by atoms with Gasteiger partial charge in [-0.15, -0.1) is 0 Å². The molecule has 94 valence electrons. The van der Waals surface area contributed by atoms with Gasteiger partial charge in [-0.05, 0) is 23.2 Å². The fourth-order valence-corrected chi connectivity index (χ4v) is 3.10. The van der Waals surface area contributed by atoms with Gasteiger partial charge >= 0.3 is 0 Å². The largest absolute Gasteiger partial charge is 0.227 e. The maximum Gasteiger partial charge on any atom is 0.227 e. The average Bonchev–Trinajstić information content (AvgIpc) is 2.27. The zero-order valence-corrected chi connectivity index (χ0v) is 12.9. The van der Waals surface area contributed by atoms with E-state index >= 15 is 0 Å². The summed E-state index contributed by atoms with van der Waals surface area (Å²) in [4.78, 5) is 11.9. The summed E-state index contributed by atoms with van der Waals surface area (Å²) >= 11 is 11.5. The smallest absolute Gasteiger partial charge is 0.198 e. The van der Waals surface area contributed by atoms with Crippen LogP contribution in [0.1, 0.15) is 0 Å². The molecule has 0 N–H and O–H groups in total. The molecule has 0 unspecified atom stereocenters. The van der Waals surface area contributed by atoms with Crippen molar-refractivity contribution in [1.82, 2.24) is 15.0 Å². The van der Waals surface area contributed by atoms with Gasteiger partial charge in [-0.3, -0.25) is 0 Å². The van der Waals surface area contributed by atoms with Gasteiger partial charge in [0.2, 0.25) is 10.6 Å². The minimum absolute atomic E-state index is 0.110. The van der Waals surface area contributed by atoms with Crippen molar-refractivity contribution in [2.75, 3.05) is 0 Å². The molecular formula is C12H13Cl2N3Si. The first-order valence-corrected chi connectivity index (χ1v) is 9.80. The first-order valence-electron chi connectivity index (χ1n) is 5.54. The van der Waals surface area contributed by atoms with Gasteiger partial charge in [0.1, 0.15) is 0 Å². The maximum atomic E-state index is 5.76. The number of benzene rings is 1. The van der Waals surface area contributed by atoms with Gasteiger partial charge in [0, 0.05) is 5.56 Å². The number of halogens is 2. The van der Waals surface area contributed by atoms with Crippen molar-refractivity contribution in [3.05, 3.63) is 34.8 Å². The SMILES string of the molecule is C[Si](C)(C)c1ccc(-c2nc(Cl)nc(Cl)n2)cc1. The Morgan fingerprint density at radius 1 is 0.833 bits per heavy atom. The number of rotatable bonds is 2. The quantitative estimate of drug-likeness (QED) is 0.798. The summed E-state index contributed by atoms with van der Waals surface area (Å²) in [5.74, 6) is 0.502. The summed E-state index contributed by atoms with van der Waals surface area (Å²) in [6, 6.07) is 8.23. The summed E-state index contributed by atoms with van der Waals surface area (Å²) in [7, 11) is -1.28. The van der Waals surface area contributed by atoms with E-state index in [-0.39, 0.29) is 10.6 Å². The van der Waals surface area contributed by atoms with Crippen molar-refractivity contribution in [3.63, 3.8) is 0 Å². The van der Waals surface area contributed by atoms with Crippen LogP contribution in [0.2, 0.25) is 30.2 Å². The van der Waals surface area contributed by atoms with E-state index in [9.17, 15) is 0 Å². The van der Waals surface area contributed by atoms with Crippen LogP contribution in [0.4, 0.5) is 0 Å². The van der Waals surface area contributed by atoms with Crippen LogP contribution >= 0.6 is 23.2 Å². The van der Waals surface area contributed by atoms with Crippen LogP contribution in [-0.2, 0) is 0 Å². The lowest BCUT2D eigenvalue weighted by molar-refractivity contribution is 1.06. The predicted molar refractivity (Wildman–Crippen MR) is 78.3 cm³/mol. The van der Waals surface area contributed by atoms with Crippen LogP contribution in [0.25, 0.3) is 11.4 Å². The number of hydrogen-bond acceptors (Lipinski definition) is 3. The summed E-state index contributed by atoms with van der Waals surface area (Å²) in [6.45, 7) is 6.91. The molecule has 0 amide bonds. The highest BCUT2D eigenvalue weighted by atomic mass is 35.5. The van der Waals surface area contributed by atoms with Crippen molar-refractivity contribution in [2.24, 2.45) is 0 Å². The van der Waals surface area contributed by atoms with E-state index in [0.717, 1.165) is 5.56 Å². The lowest BCUT2D eigenvalue weighted by Crippen LogP contribution is -2.37. The predicted octanol–water partition coefficient (Wildman–Crippen LogP) is 3.39. The second-order valence-corrected chi connectivity index (χ2v) is 10.8. The van der Waals surface area contributed by atoms with E-state index < -0.39 is 8.07 Å². The molecular weight excluding hydrogens is 285 g/mol. The first-order chi connectivity index (χ1) is 8.36. The standard InChI is InChI=1S/C12H13Cl2N3Si/c1-18(2,3)9-6-4-8(5-7-9)10-15-11(13)17-12(14)16-10/h4-7H,1-3H3. The molecule has 0 aliphatic heterocycles. The van der Waals surface area contributed by atoms with E-state index in [4.69, 9.17) is 23.2 Å². The summed E-state index contributed by atoms with van der Waals surface area (Å²) in [6.07, 6.45) is 0. The van der Waals surface area contributed by atoms with Crippen molar-refractivity contribution < 1.29 is 0 Å². The highest BCUT2D eigenvalue weighted by Crippen LogP contribution is 2.17. The Balaban J connectivity index is 2.40. The van der Waals surface area contributed by atoms with E-state index in [1.54, 1.807) is 0 Å². The molecule has 6 heteroatoms. The third-order valence-corrected chi connectivity index (χ3v) is 4.99. The van der Waals surface area contributed by atoms with Crippen molar-refractivity contribution in [2.45, 2.75) is 19.6 Å². The molecule has 0 saturated carbocycles. The van der Waals surface area contributed by atoms with Crippen molar-refractivity contribution >= 4 is 36.5 Å². The average molecular weight is 298 g/mol. The molecule has 2 aromatic rings. The maximum absolute atomic E-state index is 5.76. The van der Waals surface area contributed by atoms with Gasteiger partial charge in [0.05, 0.1) is 8.07 Å². The lowest BCUT2D eigenvalue weighted by Gasteiger charge is -2.16. The Morgan fingerprint density at radius 3 is 1.78 bits per heavy atom. The molecule has 0 atom stereocenters. The van der Waals surface area contributed by atoms with E-state index in [1.165, 1.54) is 5.19 Å². The molecule has 0 aliphatic carbocycles. The van der Waals surface area contributed by atoms with Gasteiger partial charge in [0.25, 0.3) is 0 Å². The van der Waals surface area contributed by atoms with Crippen LogP contribution in [0, 0.1) is 0 Å². The molecule has 0 saturated heterocycles. The molecule has 0 bridgehead atoms. The van der Waals surface area contributed by atoms with Crippen LogP contribution in [0.5, 0.6) is 0 Å². The monoisotopic (exact) mass is 297 g/mol. The van der Waals surface area contributed by atoms with Gasteiger partial charge in [0.15, 0.2) is 5.82 Å². The highest BCUT2D eigenvalue weighted by molar-refractivity contribution is 6.88. The molecule has 1 aromatic carbocycles. The molecule has 18 heavy (non-hydrogen) atoms. The number of hydrogen-bond donors (Lipinski definition) is 0. The molecule has 1 heterocycles. The second kappa shape index (κ2) is 4.95. The fraction of sp³-hybridized carbons (Fsp3) is 0.250. The fourth-order valence-electron chi connectivity index (χ4n) is 1.57. The minimum atomic E-state index is -1.28. The summed E-state index contributed by atoms with van der Waals surface area (Å²) < 4.78 is 0. The normalized spacial score (nSPS) is 11.6. The van der Waals surface area contributed by atoms with Crippen molar-refractivity contribution in [3.8, 4) is 11.4 Å². The topological polar surface area (TPSA) is 38.7 Å². The Labute approximate surface area is 117 Å². The third-order valence-electron chi connectivity index (χ3n) is 2.59. The molecule has 0 radical (unpaired) electrons. The lowest BCUT2D eigenvalue weighted by atomic mass is 10.2. The zero-order valence-electron chi connectivity index (χ0n) is 10.4. The molecule has 2 rings (SSSR count). The minimum Gasteiger partial charge on any atom is -0.198 e. The summed E-state index contributed by atoms with van der Waals surface area (Å²) in [5, 5.41) is 1.61.